The molecule has 8 nitrogen and oxygen atoms in total. The zero-order valence-electron chi connectivity index (χ0n) is 15.0. The summed E-state index contributed by atoms with van der Waals surface area (Å²) in [7, 11) is 1.61. The van der Waals surface area contributed by atoms with Crippen LogP contribution in [0.2, 0.25) is 0 Å². The molecule has 1 aliphatic rings. The Bertz CT molecular complexity index is 839. The van der Waals surface area contributed by atoms with Crippen LogP contribution in [-0.4, -0.2) is 35.3 Å². The summed E-state index contributed by atoms with van der Waals surface area (Å²) in [5.74, 6) is -1.29. The molecule has 0 atom stereocenters. The van der Waals surface area contributed by atoms with Crippen LogP contribution < -0.4 is 20.9 Å². The second-order valence-electron chi connectivity index (χ2n) is 6.33. The van der Waals surface area contributed by atoms with E-state index in [1.54, 1.807) is 12.5 Å². The molecular formula is C18H19F2N5O3. The van der Waals surface area contributed by atoms with E-state index in [0.717, 1.165) is 30.6 Å². The van der Waals surface area contributed by atoms with Gasteiger partial charge in [-0.2, -0.15) is 8.78 Å². The Labute approximate surface area is 159 Å². The van der Waals surface area contributed by atoms with E-state index in [-0.39, 0.29) is 11.1 Å². The van der Waals surface area contributed by atoms with Crippen LogP contribution in [0.25, 0.3) is 0 Å². The van der Waals surface area contributed by atoms with E-state index in [2.05, 4.69) is 15.3 Å². The number of hydrogen-bond donors (Lipinski definition) is 3. The lowest BCUT2D eigenvalue weighted by atomic mass is 9.72. The topological polar surface area (TPSA) is 105 Å². The van der Waals surface area contributed by atoms with Gasteiger partial charge in [-0.3, -0.25) is 20.4 Å². The summed E-state index contributed by atoms with van der Waals surface area (Å²) in [5, 5.41) is 3.31. The molecular weight excluding hydrogens is 372 g/mol. The number of anilines is 1. The number of rotatable bonds is 6. The molecule has 2 aromatic rings. The zero-order valence-corrected chi connectivity index (χ0v) is 15.0. The van der Waals surface area contributed by atoms with E-state index in [1.807, 2.05) is 29.7 Å². The lowest BCUT2D eigenvalue weighted by molar-refractivity contribution is -0.132. The predicted octanol–water partition coefficient (Wildman–Crippen LogP) is 2.00. The van der Waals surface area contributed by atoms with E-state index in [0.29, 0.717) is 5.95 Å². The van der Waals surface area contributed by atoms with E-state index in [1.165, 1.54) is 12.4 Å². The van der Waals surface area contributed by atoms with Gasteiger partial charge in [-0.1, -0.05) is 12.1 Å². The van der Waals surface area contributed by atoms with Crippen molar-refractivity contribution in [2.45, 2.75) is 31.2 Å². The molecule has 1 aliphatic carbocycles. The van der Waals surface area contributed by atoms with E-state index in [4.69, 9.17) is 4.74 Å². The Hall–Kier alpha value is -3.30. The van der Waals surface area contributed by atoms with E-state index in [9.17, 15) is 18.4 Å². The van der Waals surface area contributed by atoms with Crippen LogP contribution in [0.15, 0.2) is 36.7 Å². The number of methoxy groups -OCH3 is 1. The molecule has 3 rings (SSSR count). The molecule has 0 aliphatic heterocycles. The summed E-state index contributed by atoms with van der Waals surface area (Å²) in [6, 6.07) is 7.75. The highest BCUT2D eigenvalue weighted by Gasteiger charge is 2.39. The van der Waals surface area contributed by atoms with Crippen LogP contribution in [0.4, 0.5) is 14.7 Å². The van der Waals surface area contributed by atoms with Crippen LogP contribution in [0.5, 0.6) is 5.75 Å². The third kappa shape index (κ3) is 4.16. The normalized spacial score (nSPS) is 14.7. The number of aromatic nitrogens is 2. The molecule has 1 heterocycles. The van der Waals surface area contributed by atoms with Crippen LogP contribution in [0.3, 0.4) is 0 Å². The predicted molar refractivity (Wildman–Crippen MR) is 95.8 cm³/mol. The fourth-order valence-electron chi connectivity index (χ4n) is 2.90. The molecule has 2 amide bonds. The number of amides is 2. The third-order valence-electron chi connectivity index (χ3n) is 4.61. The molecule has 28 heavy (non-hydrogen) atoms. The van der Waals surface area contributed by atoms with Crippen LogP contribution in [0.1, 0.15) is 35.2 Å². The molecule has 148 valence electrons. The Balaban J connectivity index is 1.65. The minimum atomic E-state index is -3.22. The van der Waals surface area contributed by atoms with Crippen LogP contribution >= 0.6 is 0 Å². The number of halogens is 2. The molecule has 0 bridgehead atoms. The van der Waals surface area contributed by atoms with Crippen molar-refractivity contribution < 1.29 is 23.1 Å². The van der Waals surface area contributed by atoms with Gasteiger partial charge in [0, 0.05) is 12.4 Å². The van der Waals surface area contributed by atoms with E-state index >= 15 is 0 Å². The van der Waals surface area contributed by atoms with Crippen LogP contribution in [0, 0.1) is 0 Å². The SMILES string of the molecule is COc1ccc(C2(Nc3ncc(C(=O)NNC(=O)C(F)F)cn3)CCC2)cc1. The van der Waals surface area contributed by atoms with Crippen molar-refractivity contribution in [2.24, 2.45) is 0 Å². The first-order valence-electron chi connectivity index (χ1n) is 8.57. The summed E-state index contributed by atoms with van der Waals surface area (Å²) in [4.78, 5) is 30.9. The summed E-state index contributed by atoms with van der Waals surface area (Å²) in [6.07, 6.45) is 2.15. The Morgan fingerprint density at radius 1 is 1.11 bits per heavy atom. The minimum Gasteiger partial charge on any atom is -0.497 e. The zero-order chi connectivity index (χ0) is 20.1. The molecule has 1 aromatic carbocycles. The maximum atomic E-state index is 12.1. The molecule has 1 aromatic heterocycles. The monoisotopic (exact) mass is 391 g/mol. The fraction of sp³-hybridized carbons (Fsp3) is 0.333. The van der Waals surface area contributed by atoms with E-state index < -0.39 is 18.2 Å². The molecule has 0 unspecified atom stereocenters. The maximum Gasteiger partial charge on any atom is 0.317 e. The average molecular weight is 391 g/mol. The van der Waals surface area contributed by atoms with Crippen molar-refractivity contribution in [1.82, 2.24) is 20.8 Å². The lowest BCUT2D eigenvalue weighted by Gasteiger charge is -2.43. The number of carbonyl (C=O) groups excluding carboxylic acids is 2. The summed E-state index contributed by atoms with van der Waals surface area (Å²) in [6.45, 7) is 0. The van der Waals surface area contributed by atoms with Crippen molar-refractivity contribution in [1.29, 1.82) is 0 Å². The molecule has 0 saturated heterocycles. The molecule has 3 N–H and O–H groups in total. The first kappa shape index (κ1) is 19.5. The van der Waals surface area contributed by atoms with Gasteiger partial charge >= 0.3 is 12.3 Å². The first-order chi connectivity index (χ1) is 13.4. The third-order valence-corrected chi connectivity index (χ3v) is 4.61. The van der Waals surface area contributed by atoms with Crippen molar-refractivity contribution in [2.75, 3.05) is 12.4 Å². The maximum absolute atomic E-state index is 12.1. The van der Waals surface area contributed by atoms with Gasteiger partial charge < -0.3 is 10.1 Å². The number of hydrazine groups is 1. The van der Waals surface area contributed by atoms with Gasteiger partial charge in [0.05, 0.1) is 18.2 Å². The molecule has 1 fully saturated rings. The van der Waals surface area contributed by atoms with Gasteiger partial charge in [-0.25, -0.2) is 9.97 Å². The quantitative estimate of drug-likeness (QED) is 0.651. The van der Waals surface area contributed by atoms with Crippen molar-refractivity contribution in [3.63, 3.8) is 0 Å². The lowest BCUT2D eigenvalue weighted by Crippen LogP contribution is -2.44. The van der Waals surface area contributed by atoms with Gasteiger partial charge in [0.1, 0.15) is 5.75 Å². The fourth-order valence-corrected chi connectivity index (χ4v) is 2.90. The van der Waals surface area contributed by atoms with Crippen LogP contribution in [-0.2, 0) is 10.3 Å². The number of carbonyl (C=O) groups is 2. The number of hydrogen-bond acceptors (Lipinski definition) is 6. The largest absolute Gasteiger partial charge is 0.497 e. The average Bonchev–Trinajstić information content (AvgIpc) is 2.69. The number of ether oxygens (including phenoxy) is 1. The molecule has 10 heteroatoms. The summed E-state index contributed by atoms with van der Waals surface area (Å²) < 4.78 is 29.4. The van der Waals surface area contributed by atoms with Crippen molar-refractivity contribution >= 4 is 17.8 Å². The number of nitrogens with one attached hydrogen (secondary N) is 3. The van der Waals surface area contributed by atoms with Crippen molar-refractivity contribution in [3.05, 3.63) is 47.8 Å². The summed E-state index contributed by atoms with van der Waals surface area (Å²) in [5.41, 5.74) is 4.30. The Kier molecular flexibility index (Phi) is 5.67. The molecule has 0 radical (unpaired) electrons. The Morgan fingerprint density at radius 3 is 2.25 bits per heavy atom. The standard InChI is InChI=1S/C18H19F2N5O3/c1-28-13-5-3-12(4-6-13)18(7-2-8-18)23-17-21-9-11(10-22-17)15(26)24-25-16(27)14(19)20/h3-6,9-10,14H,2,7-8H2,1H3,(H,24,26)(H,25,27)(H,21,22,23). The highest BCUT2D eigenvalue weighted by molar-refractivity contribution is 5.95. The number of nitrogens with zero attached hydrogens (tertiary/aromatic N) is 2. The Morgan fingerprint density at radius 2 is 1.75 bits per heavy atom. The molecule has 1 saturated carbocycles. The number of benzene rings is 1. The van der Waals surface area contributed by atoms with Gasteiger partial charge in [0.2, 0.25) is 5.95 Å². The van der Waals surface area contributed by atoms with Gasteiger partial charge in [0.15, 0.2) is 0 Å². The summed E-state index contributed by atoms with van der Waals surface area (Å²) >= 11 is 0. The highest BCUT2D eigenvalue weighted by atomic mass is 19.3. The van der Waals surface area contributed by atoms with Crippen molar-refractivity contribution in [3.8, 4) is 5.75 Å². The number of alkyl halides is 2. The second-order valence-corrected chi connectivity index (χ2v) is 6.33. The highest BCUT2D eigenvalue weighted by Crippen LogP contribution is 2.43. The van der Waals surface area contributed by atoms with Gasteiger partial charge in [0.25, 0.3) is 5.91 Å². The second kappa shape index (κ2) is 8.15. The first-order valence-corrected chi connectivity index (χ1v) is 8.57. The molecule has 0 spiro atoms. The van der Waals surface area contributed by atoms with Gasteiger partial charge in [-0.05, 0) is 37.0 Å². The minimum absolute atomic E-state index is 0.0206. The smallest absolute Gasteiger partial charge is 0.317 e. The van der Waals surface area contributed by atoms with Gasteiger partial charge in [-0.15, -0.1) is 0 Å².